The lowest BCUT2D eigenvalue weighted by Gasteiger charge is -2.36. The number of nitrogens with zero attached hydrogens (tertiary/aromatic N) is 5. The van der Waals surface area contributed by atoms with E-state index in [1.165, 1.54) is 12.7 Å². The van der Waals surface area contributed by atoms with Gasteiger partial charge in [0.05, 0.1) is 12.6 Å². The van der Waals surface area contributed by atoms with Crippen LogP contribution in [0.4, 0.5) is 0 Å². The fourth-order valence-electron chi connectivity index (χ4n) is 3.28. The van der Waals surface area contributed by atoms with Crippen molar-refractivity contribution in [3.8, 4) is 11.4 Å². The van der Waals surface area contributed by atoms with Gasteiger partial charge < -0.3 is 9.32 Å². The van der Waals surface area contributed by atoms with Crippen molar-refractivity contribution in [3.05, 3.63) is 54.5 Å². The van der Waals surface area contributed by atoms with E-state index in [0.29, 0.717) is 24.6 Å². The molecule has 0 N–H and O–H groups in total. The number of carbonyl (C=O) groups excluding carboxylic acids is 1. The number of hydrogen-bond donors (Lipinski definition) is 0. The van der Waals surface area contributed by atoms with Crippen molar-refractivity contribution in [1.29, 1.82) is 0 Å². The summed E-state index contributed by atoms with van der Waals surface area (Å²) in [5.41, 5.74) is 1.29. The second kappa shape index (κ2) is 6.16. The lowest BCUT2D eigenvalue weighted by atomic mass is 9.99. The molecule has 1 atom stereocenters. The van der Waals surface area contributed by atoms with Crippen LogP contribution in [0.15, 0.2) is 47.4 Å². The maximum absolute atomic E-state index is 12.8. The van der Waals surface area contributed by atoms with Crippen LogP contribution in [0.2, 0.25) is 0 Å². The molecule has 0 saturated carbocycles. The van der Waals surface area contributed by atoms with Gasteiger partial charge in [0.1, 0.15) is 6.26 Å². The molecular formula is C18H19N5O2. The summed E-state index contributed by atoms with van der Waals surface area (Å²) >= 11 is 0. The molecular weight excluding hydrogens is 318 g/mol. The van der Waals surface area contributed by atoms with Gasteiger partial charge in [0.15, 0.2) is 23.7 Å². The molecule has 7 nitrogen and oxygen atoms in total. The Kier molecular flexibility index (Phi) is 3.83. The van der Waals surface area contributed by atoms with E-state index in [1.807, 2.05) is 39.9 Å². The number of aromatic nitrogens is 4. The SMILES string of the molecule is CC(C)[C@H]1c2nc(-c3ccccc3)nn2CCN1C(=O)c1cocn1. The fourth-order valence-corrected chi connectivity index (χ4v) is 3.28. The van der Waals surface area contributed by atoms with E-state index >= 15 is 0 Å². The summed E-state index contributed by atoms with van der Waals surface area (Å²) in [4.78, 5) is 23.4. The summed E-state index contributed by atoms with van der Waals surface area (Å²) in [6.07, 6.45) is 2.66. The van der Waals surface area contributed by atoms with E-state index in [9.17, 15) is 4.79 Å². The molecule has 3 aromatic rings. The summed E-state index contributed by atoms with van der Waals surface area (Å²) in [6, 6.07) is 9.73. The third kappa shape index (κ3) is 2.71. The molecule has 3 heterocycles. The van der Waals surface area contributed by atoms with Crippen LogP contribution >= 0.6 is 0 Å². The molecule has 2 aromatic heterocycles. The predicted octanol–water partition coefficient (Wildman–Crippen LogP) is 2.79. The fraction of sp³-hybridized carbons (Fsp3) is 0.333. The maximum Gasteiger partial charge on any atom is 0.276 e. The van der Waals surface area contributed by atoms with Crippen molar-refractivity contribution >= 4 is 5.91 Å². The first-order valence-corrected chi connectivity index (χ1v) is 8.34. The van der Waals surface area contributed by atoms with Gasteiger partial charge in [0, 0.05) is 12.1 Å². The molecule has 128 valence electrons. The average Bonchev–Trinajstić information content (AvgIpc) is 3.30. The Labute approximate surface area is 145 Å². The highest BCUT2D eigenvalue weighted by Crippen LogP contribution is 2.33. The first-order valence-electron chi connectivity index (χ1n) is 8.34. The second-order valence-corrected chi connectivity index (χ2v) is 6.44. The van der Waals surface area contributed by atoms with E-state index < -0.39 is 0 Å². The normalized spacial score (nSPS) is 16.9. The molecule has 0 aliphatic carbocycles. The molecule has 1 aliphatic rings. The van der Waals surface area contributed by atoms with E-state index in [4.69, 9.17) is 9.40 Å². The van der Waals surface area contributed by atoms with Crippen LogP contribution in [-0.4, -0.2) is 37.1 Å². The third-order valence-electron chi connectivity index (χ3n) is 4.43. The minimum absolute atomic E-state index is 0.136. The van der Waals surface area contributed by atoms with Gasteiger partial charge in [-0.3, -0.25) is 4.79 Å². The number of hydrogen-bond acceptors (Lipinski definition) is 5. The van der Waals surface area contributed by atoms with E-state index in [1.54, 1.807) is 0 Å². The number of carbonyl (C=O) groups is 1. The summed E-state index contributed by atoms with van der Waals surface area (Å²) in [5.74, 6) is 1.57. The predicted molar refractivity (Wildman–Crippen MR) is 90.6 cm³/mol. The molecule has 0 unspecified atom stereocenters. The number of amides is 1. The van der Waals surface area contributed by atoms with Crippen LogP contribution in [0, 0.1) is 5.92 Å². The van der Waals surface area contributed by atoms with Gasteiger partial charge in [0.2, 0.25) is 0 Å². The Balaban J connectivity index is 1.72. The second-order valence-electron chi connectivity index (χ2n) is 6.44. The molecule has 7 heteroatoms. The zero-order valence-corrected chi connectivity index (χ0v) is 14.2. The zero-order valence-electron chi connectivity index (χ0n) is 14.2. The van der Waals surface area contributed by atoms with Gasteiger partial charge in [-0.15, -0.1) is 0 Å². The summed E-state index contributed by atoms with van der Waals surface area (Å²) in [7, 11) is 0. The van der Waals surface area contributed by atoms with Gasteiger partial charge in [0.25, 0.3) is 5.91 Å². The number of fused-ring (bicyclic) bond motifs is 1. The summed E-state index contributed by atoms with van der Waals surface area (Å²) in [5, 5.41) is 4.64. The number of oxazole rings is 1. The molecule has 1 aliphatic heterocycles. The topological polar surface area (TPSA) is 77.0 Å². The Morgan fingerprint density at radius 2 is 2.04 bits per heavy atom. The van der Waals surface area contributed by atoms with Crippen molar-refractivity contribution in [1.82, 2.24) is 24.6 Å². The molecule has 0 fully saturated rings. The van der Waals surface area contributed by atoms with Gasteiger partial charge in [-0.1, -0.05) is 44.2 Å². The quantitative estimate of drug-likeness (QED) is 0.734. The van der Waals surface area contributed by atoms with Gasteiger partial charge in [-0.2, -0.15) is 5.10 Å². The highest BCUT2D eigenvalue weighted by molar-refractivity contribution is 5.92. The first-order chi connectivity index (χ1) is 12.1. The number of rotatable bonds is 3. The standard InChI is InChI=1S/C18H19N5O2/c1-12(2)15-17-20-16(13-6-4-3-5-7-13)21-23(17)9-8-22(15)18(24)14-10-25-11-19-14/h3-7,10-12,15H,8-9H2,1-2H3/t15-/m0/s1. The first kappa shape index (κ1) is 15.6. The lowest BCUT2D eigenvalue weighted by Crippen LogP contribution is -2.44. The smallest absolute Gasteiger partial charge is 0.276 e. The molecule has 1 amide bonds. The van der Waals surface area contributed by atoms with Crippen molar-refractivity contribution in [2.45, 2.75) is 26.4 Å². The van der Waals surface area contributed by atoms with E-state index in [-0.39, 0.29) is 17.9 Å². The molecule has 25 heavy (non-hydrogen) atoms. The molecule has 0 radical (unpaired) electrons. The van der Waals surface area contributed by atoms with Crippen molar-refractivity contribution in [2.75, 3.05) is 6.54 Å². The van der Waals surface area contributed by atoms with Gasteiger partial charge >= 0.3 is 0 Å². The maximum atomic E-state index is 12.8. The Bertz CT molecular complexity index is 870. The monoisotopic (exact) mass is 337 g/mol. The van der Waals surface area contributed by atoms with Crippen molar-refractivity contribution < 1.29 is 9.21 Å². The van der Waals surface area contributed by atoms with Crippen molar-refractivity contribution in [2.24, 2.45) is 5.92 Å². The zero-order chi connectivity index (χ0) is 17.4. The number of benzene rings is 1. The lowest BCUT2D eigenvalue weighted by molar-refractivity contribution is 0.0531. The molecule has 0 bridgehead atoms. The molecule has 4 rings (SSSR count). The highest BCUT2D eigenvalue weighted by Gasteiger charge is 2.37. The molecule has 1 aromatic carbocycles. The average molecular weight is 337 g/mol. The Morgan fingerprint density at radius 1 is 1.24 bits per heavy atom. The van der Waals surface area contributed by atoms with Gasteiger partial charge in [-0.25, -0.2) is 14.6 Å². The van der Waals surface area contributed by atoms with Crippen LogP contribution in [-0.2, 0) is 6.54 Å². The van der Waals surface area contributed by atoms with Gasteiger partial charge in [-0.05, 0) is 5.92 Å². The van der Waals surface area contributed by atoms with Crippen LogP contribution in [0.1, 0.15) is 36.2 Å². The van der Waals surface area contributed by atoms with Crippen LogP contribution in [0.5, 0.6) is 0 Å². The van der Waals surface area contributed by atoms with Crippen molar-refractivity contribution in [3.63, 3.8) is 0 Å². The van der Waals surface area contributed by atoms with Crippen LogP contribution in [0.25, 0.3) is 11.4 Å². The highest BCUT2D eigenvalue weighted by atomic mass is 16.3. The molecule has 0 saturated heterocycles. The Hall–Kier alpha value is -2.96. The molecule has 0 spiro atoms. The Morgan fingerprint density at radius 3 is 2.72 bits per heavy atom. The summed E-state index contributed by atoms with van der Waals surface area (Å²) in [6.45, 7) is 5.35. The van der Waals surface area contributed by atoms with Crippen LogP contribution in [0.3, 0.4) is 0 Å². The largest absolute Gasteiger partial charge is 0.451 e. The minimum atomic E-state index is -0.150. The van der Waals surface area contributed by atoms with E-state index in [2.05, 4.69) is 23.9 Å². The van der Waals surface area contributed by atoms with Crippen LogP contribution < -0.4 is 0 Å². The summed E-state index contributed by atoms with van der Waals surface area (Å²) < 4.78 is 6.88. The van der Waals surface area contributed by atoms with E-state index in [0.717, 1.165) is 11.4 Å². The third-order valence-corrected chi connectivity index (χ3v) is 4.43. The minimum Gasteiger partial charge on any atom is -0.451 e.